The standard InChI is InChI=1S/C24H22FNO3/c25-24(16-27,17-8-2-1-3-9-17)15-26-23(28)29-14-22-20-12-6-4-10-18(20)19-11-5-7-13-21(19)22/h1-13,22,27H,14-16H2,(H,26,28). The molecular weight excluding hydrogens is 369 g/mol. The Bertz CT molecular complexity index is 962. The van der Waals surface area contributed by atoms with Gasteiger partial charge in [-0.15, -0.1) is 0 Å². The van der Waals surface area contributed by atoms with Gasteiger partial charge in [-0.1, -0.05) is 78.9 Å². The zero-order chi connectivity index (χ0) is 20.3. The molecule has 5 heteroatoms. The van der Waals surface area contributed by atoms with E-state index in [1.807, 2.05) is 36.4 Å². The number of alkyl halides is 1. The van der Waals surface area contributed by atoms with Crippen molar-refractivity contribution in [1.82, 2.24) is 5.32 Å². The van der Waals surface area contributed by atoms with Crippen LogP contribution in [0.15, 0.2) is 78.9 Å². The molecule has 29 heavy (non-hydrogen) atoms. The fourth-order valence-corrected chi connectivity index (χ4v) is 3.85. The van der Waals surface area contributed by atoms with Gasteiger partial charge in [0.2, 0.25) is 0 Å². The van der Waals surface area contributed by atoms with Gasteiger partial charge in [-0.05, 0) is 27.8 Å². The second-order valence-electron chi connectivity index (χ2n) is 7.17. The normalized spacial score (nSPS) is 14.6. The van der Waals surface area contributed by atoms with Gasteiger partial charge in [0, 0.05) is 5.92 Å². The van der Waals surface area contributed by atoms with E-state index in [9.17, 15) is 9.90 Å². The molecule has 1 amide bonds. The van der Waals surface area contributed by atoms with Gasteiger partial charge in [-0.2, -0.15) is 0 Å². The minimum Gasteiger partial charge on any atom is -0.449 e. The highest BCUT2D eigenvalue weighted by Gasteiger charge is 2.33. The van der Waals surface area contributed by atoms with Gasteiger partial charge >= 0.3 is 6.09 Å². The molecule has 1 aliphatic carbocycles. The second kappa shape index (κ2) is 8.05. The minimum atomic E-state index is -2.06. The van der Waals surface area contributed by atoms with Crippen LogP contribution in [0.5, 0.6) is 0 Å². The van der Waals surface area contributed by atoms with Crippen molar-refractivity contribution in [2.24, 2.45) is 0 Å². The number of amides is 1. The van der Waals surface area contributed by atoms with Gasteiger partial charge in [0.05, 0.1) is 13.2 Å². The van der Waals surface area contributed by atoms with Gasteiger partial charge < -0.3 is 15.2 Å². The topological polar surface area (TPSA) is 58.6 Å². The lowest BCUT2D eigenvalue weighted by molar-refractivity contribution is 0.0642. The van der Waals surface area contributed by atoms with Gasteiger partial charge in [0.15, 0.2) is 5.67 Å². The number of hydrogen-bond acceptors (Lipinski definition) is 3. The number of rotatable bonds is 6. The Morgan fingerprint density at radius 2 is 1.48 bits per heavy atom. The monoisotopic (exact) mass is 391 g/mol. The summed E-state index contributed by atoms with van der Waals surface area (Å²) in [6.45, 7) is -0.950. The second-order valence-corrected chi connectivity index (χ2v) is 7.17. The number of hydrogen-bond donors (Lipinski definition) is 2. The number of halogens is 1. The van der Waals surface area contributed by atoms with Crippen molar-refractivity contribution in [3.8, 4) is 11.1 Å². The third-order valence-electron chi connectivity index (χ3n) is 5.40. The predicted octanol–water partition coefficient (Wildman–Crippen LogP) is 4.38. The number of fused-ring (bicyclic) bond motifs is 3. The van der Waals surface area contributed by atoms with E-state index in [0.717, 1.165) is 22.3 Å². The Morgan fingerprint density at radius 1 is 0.931 bits per heavy atom. The molecule has 0 aromatic heterocycles. The van der Waals surface area contributed by atoms with Crippen LogP contribution in [0, 0.1) is 0 Å². The number of aliphatic hydroxyl groups excluding tert-OH is 1. The summed E-state index contributed by atoms with van der Waals surface area (Å²) in [5.74, 6) is -0.0600. The first-order valence-electron chi connectivity index (χ1n) is 9.56. The lowest BCUT2D eigenvalue weighted by Crippen LogP contribution is -2.40. The zero-order valence-electron chi connectivity index (χ0n) is 15.8. The quantitative estimate of drug-likeness (QED) is 0.656. The van der Waals surface area contributed by atoms with E-state index in [2.05, 4.69) is 17.4 Å². The van der Waals surface area contributed by atoms with Crippen LogP contribution in [0.3, 0.4) is 0 Å². The Kier molecular flexibility index (Phi) is 5.32. The van der Waals surface area contributed by atoms with E-state index in [-0.39, 0.29) is 19.1 Å². The number of alkyl carbamates (subject to hydrolysis) is 1. The molecule has 0 saturated heterocycles. The fourth-order valence-electron chi connectivity index (χ4n) is 3.85. The van der Waals surface area contributed by atoms with E-state index < -0.39 is 18.4 Å². The summed E-state index contributed by atoms with van der Waals surface area (Å²) >= 11 is 0. The maximum Gasteiger partial charge on any atom is 0.407 e. The third kappa shape index (κ3) is 3.74. The zero-order valence-corrected chi connectivity index (χ0v) is 15.8. The summed E-state index contributed by atoms with van der Waals surface area (Å²) in [4.78, 5) is 12.2. The summed E-state index contributed by atoms with van der Waals surface area (Å²) < 4.78 is 20.4. The molecule has 3 aromatic carbocycles. The Hall–Kier alpha value is -3.18. The molecule has 1 aliphatic rings. The highest BCUT2D eigenvalue weighted by Crippen LogP contribution is 2.44. The van der Waals surface area contributed by atoms with Crippen molar-refractivity contribution in [2.75, 3.05) is 19.8 Å². The van der Waals surface area contributed by atoms with Crippen molar-refractivity contribution in [3.05, 3.63) is 95.6 Å². The van der Waals surface area contributed by atoms with E-state index in [0.29, 0.717) is 5.56 Å². The third-order valence-corrected chi connectivity index (χ3v) is 5.40. The summed E-state index contributed by atoms with van der Waals surface area (Å²) in [5, 5.41) is 12.0. The Balaban J connectivity index is 1.41. The molecular formula is C24H22FNO3. The molecule has 0 saturated carbocycles. The SMILES string of the molecule is O=C(NCC(F)(CO)c1ccccc1)OCC1c2ccccc2-c2ccccc21. The molecule has 0 fully saturated rings. The van der Waals surface area contributed by atoms with Crippen molar-refractivity contribution in [3.63, 3.8) is 0 Å². The van der Waals surface area contributed by atoms with Crippen molar-refractivity contribution in [2.45, 2.75) is 11.6 Å². The number of nitrogens with one attached hydrogen (secondary N) is 1. The first-order valence-corrected chi connectivity index (χ1v) is 9.56. The number of carbonyl (C=O) groups excluding carboxylic acids is 1. The number of carbonyl (C=O) groups is 1. The van der Waals surface area contributed by atoms with E-state index in [1.54, 1.807) is 30.3 Å². The Labute approximate surface area is 169 Å². The van der Waals surface area contributed by atoms with E-state index in [4.69, 9.17) is 4.74 Å². The Morgan fingerprint density at radius 3 is 2.07 bits per heavy atom. The molecule has 4 nitrogen and oxygen atoms in total. The molecule has 0 radical (unpaired) electrons. The highest BCUT2D eigenvalue weighted by atomic mass is 19.1. The van der Waals surface area contributed by atoms with Crippen LogP contribution in [0.25, 0.3) is 11.1 Å². The first kappa shape index (κ1) is 19.2. The van der Waals surface area contributed by atoms with E-state index >= 15 is 4.39 Å². The maximum atomic E-state index is 15.0. The smallest absolute Gasteiger partial charge is 0.407 e. The van der Waals surface area contributed by atoms with Crippen LogP contribution in [0.4, 0.5) is 9.18 Å². The summed E-state index contributed by atoms with van der Waals surface area (Å²) in [5.41, 5.74) is 2.75. The number of ether oxygens (including phenoxy) is 1. The van der Waals surface area contributed by atoms with Gasteiger partial charge in [0.1, 0.15) is 6.61 Å². The maximum absolute atomic E-state index is 15.0. The predicted molar refractivity (Wildman–Crippen MR) is 109 cm³/mol. The molecule has 3 aromatic rings. The molecule has 0 spiro atoms. The molecule has 4 rings (SSSR count). The van der Waals surface area contributed by atoms with Crippen molar-refractivity contribution < 1.29 is 19.0 Å². The average Bonchev–Trinajstić information content (AvgIpc) is 3.10. The lowest BCUT2D eigenvalue weighted by atomic mass is 9.97. The van der Waals surface area contributed by atoms with Crippen molar-refractivity contribution >= 4 is 6.09 Å². The van der Waals surface area contributed by atoms with Crippen LogP contribution >= 0.6 is 0 Å². The molecule has 0 bridgehead atoms. The van der Waals surface area contributed by atoms with Crippen molar-refractivity contribution in [1.29, 1.82) is 0 Å². The fraction of sp³-hybridized carbons (Fsp3) is 0.208. The molecule has 148 valence electrons. The minimum absolute atomic E-state index is 0.0600. The van der Waals surface area contributed by atoms with E-state index in [1.165, 1.54) is 0 Å². The van der Waals surface area contributed by atoms with Crippen LogP contribution in [-0.4, -0.2) is 31.0 Å². The average molecular weight is 391 g/mol. The first-order chi connectivity index (χ1) is 14.1. The molecule has 1 atom stereocenters. The van der Waals surface area contributed by atoms with Gasteiger partial charge in [-0.3, -0.25) is 0 Å². The van der Waals surface area contributed by atoms with Gasteiger partial charge in [0.25, 0.3) is 0 Å². The summed E-state index contributed by atoms with van der Waals surface area (Å²) in [6.07, 6.45) is -0.710. The number of aliphatic hydroxyl groups is 1. The molecule has 0 aliphatic heterocycles. The molecule has 1 unspecified atom stereocenters. The summed E-state index contributed by atoms with van der Waals surface area (Å²) in [7, 11) is 0. The summed E-state index contributed by atoms with van der Waals surface area (Å²) in [6, 6.07) is 24.4. The largest absolute Gasteiger partial charge is 0.449 e. The number of benzene rings is 3. The van der Waals surface area contributed by atoms with Crippen LogP contribution in [0.1, 0.15) is 22.6 Å². The lowest BCUT2D eigenvalue weighted by Gasteiger charge is -2.24. The molecule has 2 N–H and O–H groups in total. The highest BCUT2D eigenvalue weighted by molar-refractivity contribution is 5.79. The molecule has 0 heterocycles. The van der Waals surface area contributed by atoms with Crippen LogP contribution in [-0.2, 0) is 10.4 Å². The van der Waals surface area contributed by atoms with Crippen LogP contribution < -0.4 is 5.32 Å². The van der Waals surface area contributed by atoms with Crippen LogP contribution in [0.2, 0.25) is 0 Å². The van der Waals surface area contributed by atoms with Gasteiger partial charge in [-0.25, -0.2) is 9.18 Å².